The number of hydrogen-bond acceptors (Lipinski definition) is 0. The first kappa shape index (κ1) is 16.5. The van der Waals surface area contributed by atoms with Gasteiger partial charge in [-0.2, -0.15) is 0 Å². The van der Waals surface area contributed by atoms with E-state index in [9.17, 15) is 0 Å². The van der Waals surface area contributed by atoms with E-state index in [0.29, 0.717) is 0 Å². The van der Waals surface area contributed by atoms with Gasteiger partial charge in [-0.1, -0.05) is 64.7 Å². The van der Waals surface area contributed by atoms with E-state index in [1.165, 1.54) is 32.1 Å². The summed E-state index contributed by atoms with van der Waals surface area (Å²) in [7, 11) is 0. The van der Waals surface area contributed by atoms with Crippen LogP contribution in [-0.4, -0.2) is 0 Å². The summed E-state index contributed by atoms with van der Waals surface area (Å²) in [6.07, 6.45) is 24.9. The van der Waals surface area contributed by atoms with Crippen LogP contribution in [0.15, 0.2) is 0 Å². The van der Waals surface area contributed by atoms with E-state index in [1.54, 1.807) is 70.6 Å². The van der Waals surface area contributed by atoms with E-state index in [4.69, 9.17) is 0 Å². The van der Waals surface area contributed by atoms with Crippen molar-refractivity contribution in [3.8, 4) is 0 Å². The molecule has 7 aliphatic carbocycles. The average Bonchev–Trinajstić information content (AvgIpc) is 3.08. The van der Waals surface area contributed by atoms with Crippen LogP contribution in [0.2, 0.25) is 0 Å². The SMILES string of the molecule is CC12CC3CC(CCCCCCCC4CC(CCCC1C2)C4)C3. The van der Waals surface area contributed by atoms with Crippen LogP contribution in [0.25, 0.3) is 0 Å². The van der Waals surface area contributed by atoms with Crippen LogP contribution >= 0.6 is 0 Å². The molecule has 0 aromatic rings. The Bertz CT molecular complexity index is 373. The topological polar surface area (TPSA) is 0 Å². The van der Waals surface area contributed by atoms with Gasteiger partial charge in [0, 0.05) is 0 Å². The van der Waals surface area contributed by atoms with Crippen molar-refractivity contribution in [3.63, 3.8) is 0 Å². The first-order valence-electron chi connectivity index (χ1n) is 11.2. The van der Waals surface area contributed by atoms with E-state index in [1.807, 2.05) is 0 Å². The fourth-order valence-electron chi connectivity index (χ4n) is 6.53. The predicted octanol–water partition coefficient (Wildman–Crippen LogP) is 7.37. The zero-order valence-corrected chi connectivity index (χ0v) is 15.7. The Morgan fingerprint density at radius 1 is 0.522 bits per heavy atom. The standard InChI is InChI=1S/C23H40/c1-23-16-21-14-19(15-21)9-6-4-2-3-5-8-18-12-20(13-18)10-7-11-22(23)17-23/h18-22H,2-17H2,1H3. The van der Waals surface area contributed by atoms with E-state index < -0.39 is 0 Å². The summed E-state index contributed by atoms with van der Waals surface area (Å²) in [6, 6.07) is 0. The van der Waals surface area contributed by atoms with Gasteiger partial charge in [0.1, 0.15) is 0 Å². The number of rotatable bonds is 0. The van der Waals surface area contributed by atoms with Gasteiger partial charge in [0.2, 0.25) is 0 Å². The van der Waals surface area contributed by atoms with Gasteiger partial charge in [-0.15, -0.1) is 0 Å². The van der Waals surface area contributed by atoms with Crippen molar-refractivity contribution >= 4 is 0 Å². The summed E-state index contributed by atoms with van der Waals surface area (Å²) in [5, 5.41) is 0. The van der Waals surface area contributed by atoms with Crippen LogP contribution in [0.1, 0.15) is 110 Å². The first-order valence-corrected chi connectivity index (χ1v) is 11.2. The molecule has 7 rings (SSSR count). The second-order valence-electron chi connectivity index (χ2n) is 10.4. The summed E-state index contributed by atoms with van der Waals surface area (Å²) in [5.74, 6) is 5.60. The lowest BCUT2D eigenvalue weighted by Gasteiger charge is -2.37. The molecule has 23 heavy (non-hydrogen) atoms. The van der Waals surface area contributed by atoms with Crippen molar-refractivity contribution in [1.29, 1.82) is 0 Å². The highest BCUT2D eigenvalue weighted by molar-refractivity contribution is 5.01. The average molecular weight is 317 g/mol. The maximum Gasteiger partial charge on any atom is -0.0292 e. The highest BCUT2D eigenvalue weighted by Gasteiger charge is 2.51. The Morgan fingerprint density at radius 2 is 1.04 bits per heavy atom. The van der Waals surface area contributed by atoms with Crippen molar-refractivity contribution < 1.29 is 0 Å². The van der Waals surface area contributed by atoms with E-state index in [2.05, 4.69) is 6.92 Å². The molecular weight excluding hydrogens is 276 g/mol. The molecule has 0 heteroatoms. The normalized spacial score (nSPS) is 48.7. The van der Waals surface area contributed by atoms with Crippen LogP contribution in [0.5, 0.6) is 0 Å². The summed E-state index contributed by atoms with van der Waals surface area (Å²) in [4.78, 5) is 0. The molecule has 7 fully saturated rings. The molecule has 0 heterocycles. The molecule has 7 aliphatic rings. The van der Waals surface area contributed by atoms with Gasteiger partial charge in [-0.05, 0) is 80.0 Å². The molecule has 4 bridgehead atoms. The third-order valence-corrected chi connectivity index (χ3v) is 8.35. The molecule has 0 saturated heterocycles. The molecule has 0 N–H and O–H groups in total. The molecule has 0 amide bonds. The minimum Gasteiger partial charge on any atom is -0.0594 e. The van der Waals surface area contributed by atoms with Gasteiger partial charge in [-0.3, -0.25) is 0 Å². The van der Waals surface area contributed by atoms with Gasteiger partial charge in [0.15, 0.2) is 0 Å². The maximum atomic E-state index is 2.62. The van der Waals surface area contributed by atoms with Crippen LogP contribution in [0, 0.1) is 35.0 Å². The van der Waals surface area contributed by atoms with Crippen LogP contribution in [0.3, 0.4) is 0 Å². The lowest BCUT2D eigenvalue weighted by atomic mass is 9.68. The highest BCUT2D eigenvalue weighted by Crippen LogP contribution is 2.61. The number of hydrogen-bond donors (Lipinski definition) is 0. The van der Waals surface area contributed by atoms with Crippen LogP contribution in [-0.2, 0) is 0 Å². The second kappa shape index (κ2) is 7.09. The smallest absolute Gasteiger partial charge is 0.0292 e. The van der Waals surface area contributed by atoms with E-state index in [-0.39, 0.29) is 0 Å². The highest BCUT2D eigenvalue weighted by atomic mass is 14.6. The molecule has 0 aromatic heterocycles. The van der Waals surface area contributed by atoms with E-state index >= 15 is 0 Å². The molecule has 2 unspecified atom stereocenters. The van der Waals surface area contributed by atoms with Crippen molar-refractivity contribution in [2.24, 2.45) is 35.0 Å². The lowest BCUT2D eigenvalue weighted by molar-refractivity contribution is 0.139. The van der Waals surface area contributed by atoms with E-state index in [0.717, 1.165) is 35.0 Å². The van der Waals surface area contributed by atoms with Gasteiger partial charge in [-0.25, -0.2) is 0 Å². The Hall–Kier alpha value is 0. The first-order chi connectivity index (χ1) is 11.2. The molecule has 0 nitrogen and oxygen atoms in total. The third kappa shape index (κ3) is 4.16. The van der Waals surface area contributed by atoms with Crippen LogP contribution < -0.4 is 0 Å². The van der Waals surface area contributed by atoms with Crippen molar-refractivity contribution in [2.45, 2.75) is 110 Å². The Labute approximate surface area is 145 Å². The van der Waals surface area contributed by atoms with Gasteiger partial charge in [0.05, 0.1) is 0 Å². The minimum atomic E-state index is 0.778. The monoisotopic (exact) mass is 316 g/mol. The lowest BCUT2D eigenvalue weighted by Crippen LogP contribution is -2.26. The third-order valence-electron chi connectivity index (χ3n) is 8.35. The van der Waals surface area contributed by atoms with Crippen LogP contribution in [0.4, 0.5) is 0 Å². The molecule has 132 valence electrons. The zero-order valence-electron chi connectivity index (χ0n) is 15.7. The van der Waals surface area contributed by atoms with Gasteiger partial charge in [0.25, 0.3) is 0 Å². The largest absolute Gasteiger partial charge is 0.0594 e. The Morgan fingerprint density at radius 3 is 1.70 bits per heavy atom. The fraction of sp³-hybridized carbons (Fsp3) is 1.00. The molecule has 0 aliphatic heterocycles. The molecule has 0 spiro atoms. The van der Waals surface area contributed by atoms with Crippen molar-refractivity contribution in [1.82, 2.24) is 0 Å². The predicted molar refractivity (Wildman–Crippen MR) is 99.4 cm³/mol. The zero-order chi connectivity index (χ0) is 15.7. The molecule has 0 aromatic carbocycles. The summed E-state index contributed by atoms with van der Waals surface area (Å²) >= 11 is 0. The quantitative estimate of drug-likeness (QED) is 0.437. The summed E-state index contributed by atoms with van der Waals surface area (Å²) < 4.78 is 0. The van der Waals surface area contributed by atoms with Gasteiger partial charge < -0.3 is 0 Å². The maximum absolute atomic E-state index is 2.62. The minimum absolute atomic E-state index is 0.778. The summed E-state index contributed by atoms with van der Waals surface area (Å²) in [5.41, 5.74) is 0.778. The van der Waals surface area contributed by atoms with Crippen molar-refractivity contribution in [3.05, 3.63) is 0 Å². The second-order valence-corrected chi connectivity index (χ2v) is 10.4. The molecule has 7 saturated carbocycles. The molecular formula is C23H40. The van der Waals surface area contributed by atoms with Crippen molar-refractivity contribution in [2.75, 3.05) is 0 Å². The van der Waals surface area contributed by atoms with Gasteiger partial charge >= 0.3 is 0 Å². The Balaban J connectivity index is 1.23. The fourth-order valence-corrected chi connectivity index (χ4v) is 6.53. The molecule has 0 radical (unpaired) electrons. The summed E-state index contributed by atoms with van der Waals surface area (Å²) in [6.45, 7) is 2.62. The molecule has 2 atom stereocenters. The Kier molecular flexibility index (Phi) is 5.07.